The van der Waals surface area contributed by atoms with Gasteiger partial charge in [0.25, 0.3) is 0 Å². The summed E-state index contributed by atoms with van der Waals surface area (Å²) in [6.45, 7) is 0. The van der Waals surface area contributed by atoms with Crippen molar-refractivity contribution in [1.82, 2.24) is 4.98 Å². The number of anilines is 1. The number of nitrogens with zero attached hydrogens (tertiary/aromatic N) is 2. The number of rotatable bonds is 1. The van der Waals surface area contributed by atoms with Crippen LogP contribution in [0.5, 0.6) is 0 Å². The molecule has 1 aliphatic rings. The van der Waals surface area contributed by atoms with Gasteiger partial charge in [0.15, 0.2) is 5.69 Å². The first kappa shape index (κ1) is 7.11. The van der Waals surface area contributed by atoms with Gasteiger partial charge < -0.3 is 5.73 Å². The lowest BCUT2D eigenvalue weighted by molar-refractivity contribution is 1.09. The Labute approximate surface area is 70.8 Å². The fourth-order valence-electron chi connectivity index (χ4n) is 1.23. The van der Waals surface area contributed by atoms with Crippen molar-refractivity contribution in [3.05, 3.63) is 23.5 Å². The zero-order valence-electron chi connectivity index (χ0n) is 6.62. The van der Waals surface area contributed by atoms with Crippen molar-refractivity contribution in [2.75, 3.05) is 5.73 Å². The molecule has 3 heteroatoms. The first-order chi connectivity index (χ1) is 5.81. The van der Waals surface area contributed by atoms with Crippen LogP contribution in [0, 0.1) is 11.3 Å². The second-order valence-corrected chi connectivity index (χ2v) is 3.09. The minimum Gasteiger partial charge on any atom is -0.396 e. The molecular weight excluding hydrogens is 150 g/mol. The molecule has 0 atom stereocenters. The van der Waals surface area contributed by atoms with E-state index in [0.29, 0.717) is 17.3 Å². The smallest absolute Gasteiger partial charge is 0.163 e. The van der Waals surface area contributed by atoms with Gasteiger partial charge in [-0.05, 0) is 30.4 Å². The Morgan fingerprint density at radius 2 is 2.33 bits per heavy atom. The molecule has 3 nitrogen and oxygen atoms in total. The Balaban J connectivity index is 2.38. The summed E-state index contributed by atoms with van der Waals surface area (Å²) < 4.78 is 0. The van der Waals surface area contributed by atoms with Crippen LogP contribution in [0.4, 0.5) is 5.69 Å². The van der Waals surface area contributed by atoms with Crippen LogP contribution in [0.2, 0.25) is 0 Å². The van der Waals surface area contributed by atoms with Crippen molar-refractivity contribution in [2.45, 2.75) is 18.8 Å². The molecule has 0 aromatic carbocycles. The molecule has 1 aliphatic carbocycles. The lowest BCUT2D eigenvalue weighted by Gasteiger charge is -1.99. The molecule has 1 heterocycles. The molecule has 1 aromatic rings. The highest BCUT2D eigenvalue weighted by atomic mass is 14.7. The van der Waals surface area contributed by atoms with Crippen LogP contribution in [-0.4, -0.2) is 4.98 Å². The second-order valence-electron chi connectivity index (χ2n) is 3.09. The van der Waals surface area contributed by atoms with E-state index in [1.165, 1.54) is 18.4 Å². The van der Waals surface area contributed by atoms with Gasteiger partial charge in [-0.2, -0.15) is 5.26 Å². The molecule has 0 aliphatic heterocycles. The number of aromatic nitrogens is 1. The summed E-state index contributed by atoms with van der Waals surface area (Å²) in [7, 11) is 0. The Hall–Kier alpha value is -1.56. The zero-order chi connectivity index (χ0) is 8.55. The predicted molar refractivity (Wildman–Crippen MR) is 45.3 cm³/mol. The van der Waals surface area contributed by atoms with Crippen molar-refractivity contribution in [2.24, 2.45) is 0 Å². The summed E-state index contributed by atoms with van der Waals surface area (Å²) in [5.41, 5.74) is 7.62. The van der Waals surface area contributed by atoms with Crippen molar-refractivity contribution >= 4 is 5.69 Å². The molecule has 1 fully saturated rings. The summed E-state index contributed by atoms with van der Waals surface area (Å²) in [5, 5.41) is 8.57. The van der Waals surface area contributed by atoms with E-state index in [-0.39, 0.29) is 0 Å². The molecule has 12 heavy (non-hydrogen) atoms. The zero-order valence-corrected chi connectivity index (χ0v) is 6.62. The minimum atomic E-state index is 0.333. The largest absolute Gasteiger partial charge is 0.396 e. The third-order valence-corrected chi connectivity index (χ3v) is 2.09. The monoisotopic (exact) mass is 159 g/mol. The van der Waals surface area contributed by atoms with Gasteiger partial charge in [0.1, 0.15) is 6.07 Å². The average molecular weight is 159 g/mol. The van der Waals surface area contributed by atoms with E-state index in [1.54, 1.807) is 6.20 Å². The van der Waals surface area contributed by atoms with E-state index in [4.69, 9.17) is 11.0 Å². The molecule has 0 amide bonds. The molecule has 60 valence electrons. The number of hydrogen-bond acceptors (Lipinski definition) is 3. The van der Waals surface area contributed by atoms with Crippen molar-refractivity contribution in [3.63, 3.8) is 0 Å². The van der Waals surface area contributed by atoms with Crippen LogP contribution < -0.4 is 5.73 Å². The van der Waals surface area contributed by atoms with Gasteiger partial charge in [-0.15, -0.1) is 0 Å². The van der Waals surface area contributed by atoms with Gasteiger partial charge in [-0.3, -0.25) is 0 Å². The maximum Gasteiger partial charge on any atom is 0.163 e. The maximum absolute atomic E-state index is 8.57. The van der Waals surface area contributed by atoms with Gasteiger partial charge >= 0.3 is 0 Å². The quantitative estimate of drug-likeness (QED) is 0.673. The molecule has 2 rings (SSSR count). The highest BCUT2D eigenvalue weighted by molar-refractivity contribution is 5.51. The number of nitriles is 1. The third-order valence-electron chi connectivity index (χ3n) is 2.09. The van der Waals surface area contributed by atoms with Gasteiger partial charge in [-0.1, -0.05) is 0 Å². The Kier molecular flexibility index (Phi) is 1.47. The van der Waals surface area contributed by atoms with Gasteiger partial charge in [0.05, 0.1) is 5.69 Å². The highest BCUT2D eigenvalue weighted by Gasteiger charge is 2.24. The van der Waals surface area contributed by atoms with Crippen molar-refractivity contribution < 1.29 is 0 Å². The van der Waals surface area contributed by atoms with E-state index in [1.807, 2.05) is 12.1 Å². The lowest BCUT2D eigenvalue weighted by Crippen LogP contribution is -1.95. The molecule has 1 aromatic heterocycles. The molecule has 0 unspecified atom stereocenters. The van der Waals surface area contributed by atoms with Crippen LogP contribution in [0.25, 0.3) is 0 Å². The van der Waals surface area contributed by atoms with Crippen molar-refractivity contribution in [1.29, 1.82) is 5.26 Å². The summed E-state index contributed by atoms with van der Waals surface area (Å²) >= 11 is 0. The molecule has 2 N–H and O–H groups in total. The van der Waals surface area contributed by atoms with Gasteiger partial charge in [-0.25, -0.2) is 4.98 Å². The van der Waals surface area contributed by atoms with Crippen LogP contribution in [-0.2, 0) is 0 Å². The molecule has 0 spiro atoms. The van der Waals surface area contributed by atoms with Gasteiger partial charge in [0, 0.05) is 6.20 Å². The fourth-order valence-corrected chi connectivity index (χ4v) is 1.23. The van der Waals surface area contributed by atoms with Crippen molar-refractivity contribution in [3.8, 4) is 6.07 Å². The van der Waals surface area contributed by atoms with Gasteiger partial charge in [0.2, 0.25) is 0 Å². The molecule has 1 saturated carbocycles. The molecule has 0 saturated heterocycles. The fraction of sp³-hybridized carbons (Fsp3) is 0.333. The normalized spacial score (nSPS) is 15.6. The van der Waals surface area contributed by atoms with E-state index in [0.717, 1.165) is 0 Å². The minimum absolute atomic E-state index is 0.333. The first-order valence-electron chi connectivity index (χ1n) is 3.97. The third kappa shape index (κ3) is 1.12. The standard InChI is InChI=1S/C9H9N3/c10-4-9-8(11)3-7(5-12-9)6-1-2-6/h3,5-6H,1-2,11H2. The Morgan fingerprint density at radius 3 is 2.83 bits per heavy atom. The summed E-state index contributed by atoms with van der Waals surface area (Å²) in [6, 6.07) is 3.81. The van der Waals surface area contributed by atoms with Crippen LogP contribution in [0.3, 0.4) is 0 Å². The molecular formula is C9H9N3. The van der Waals surface area contributed by atoms with E-state index in [9.17, 15) is 0 Å². The summed E-state index contributed by atoms with van der Waals surface area (Å²) in [5.74, 6) is 0.646. The first-order valence-corrected chi connectivity index (χ1v) is 3.97. The summed E-state index contributed by atoms with van der Waals surface area (Å²) in [6.07, 6.45) is 4.21. The number of pyridine rings is 1. The number of nitrogen functional groups attached to an aromatic ring is 1. The van der Waals surface area contributed by atoms with E-state index >= 15 is 0 Å². The Bertz CT molecular complexity index is 347. The van der Waals surface area contributed by atoms with E-state index < -0.39 is 0 Å². The predicted octanol–water partition coefficient (Wildman–Crippen LogP) is 1.41. The van der Waals surface area contributed by atoms with Crippen LogP contribution in [0.15, 0.2) is 12.3 Å². The lowest BCUT2D eigenvalue weighted by atomic mass is 10.1. The highest BCUT2D eigenvalue weighted by Crippen LogP contribution is 2.40. The van der Waals surface area contributed by atoms with E-state index in [2.05, 4.69) is 4.98 Å². The SMILES string of the molecule is N#Cc1ncc(C2CC2)cc1N. The second kappa shape index (κ2) is 2.49. The Morgan fingerprint density at radius 1 is 1.58 bits per heavy atom. The molecule has 0 radical (unpaired) electrons. The summed E-state index contributed by atoms with van der Waals surface area (Å²) in [4.78, 5) is 3.97. The van der Waals surface area contributed by atoms with Crippen LogP contribution in [0.1, 0.15) is 30.0 Å². The molecule has 0 bridgehead atoms. The number of nitrogens with two attached hydrogens (primary N) is 1. The maximum atomic E-state index is 8.57. The van der Waals surface area contributed by atoms with Crippen LogP contribution >= 0.6 is 0 Å². The average Bonchev–Trinajstić information content (AvgIpc) is 2.86. The number of hydrogen-bond donors (Lipinski definition) is 1. The topological polar surface area (TPSA) is 62.7 Å².